The Morgan fingerprint density at radius 3 is 2.76 bits per heavy atom. The van der Waals surface area contributed by atoms with Crippen LogP contribution in [0.1, 0.15) is 10.4 Å². The van der Waals surface area contributed by atoms with Crippen LogP contribution in [-0.4, -0.2) is 10.9 Å². The van der Waals surface area contributed by atoms with Crippen LogP contribution in [0.15, 0.2) is 33.3 Å². The second-order valence-electron chi connectivity index (χ2n) is 4.09. The Bertz CT molecular complexity index is 833. The number of hydrogen-bond acceptors (Lipinski definition) is 5. The smallest absolute Gasteiger partial charge is 0.259 e. The number of aromatic nitrogens is 1. The molecule has 0 atom stereocenters. The predicted molar refractivity (Wildman–Crippen MR) is 84.6 cm³/mol. The first-order chi connectivity index (χ1) is 10.1. The molecule has 1 aliphatic rings. The predicted octanol–water partition coefficient (Wildman–Crippen LogP) is 3.95. The van der Waals surface area contributed by atoms with E-state index in [0.717, 1.165) is 11.4 Å². The van der Waals surface area contributed by atoms with E-state index in [1.807, 2.05) is 0 Å². The molecule has 21 heavy (non-hydrogen) atoms. The maximum atomic E-state index is 12.3. The van der Waals surface area contributed by atoms with Gasteiger partial charge in [-0.25, -0.2) is 0 Å². The van der Waals surface area contributed by atoms with Crippen LogP contribution in [-0.2, 0) is 11.4 Å². The van der Waals surface area contributed by atoms with Crippen molar-refractivity contribution < 1.29 is 4.79 Å². The van der Waals surface area contributed by atoms with E-state index in [9.17, 15) is 4.79 Å². The highest BCUT2D eigenvalue weighted by atomic mass is 35.5. The van der Waals surface area contributed by atoms with Gasteiger partial charge in [0, 0.05) is 18.1 Å². The second-order valence-corrected chi connectivity index (χ2v) is 5.44. The number of nitrogens with zero attached hydrogens (tertiary/aromatic N) is 3. The monoisotopic (exact) mass is 339 g/mol. The Labute approximate surface area is 133 Å². The van der Waals surface area contributed by atoms with Crippen molar-refractivity contribution in [2.45, 2.75) is 0 Å². The van der Waals surface area contributed by atoms with E-state index in [4.69, 9.17) is 28.9 Å². The van der Waals surface area contributed by atoms with Crippen molar-refractivity contribution in [3.63, 3.8) is 0 Å². The molecule has 1 amide bonds. The van der Waals surface area contributed by atoms with Crippen molar-refractivity contribution in [2.24, 2.45) is 8.73 Å². The third kappa shape index (κ3) is 2.51. The fourth-order valence-corrected chi connectivity index (χ4v) is 2.93. The second kappa shape index (κ2) is 5.44. The molecule has 0 saturated heterocycles. The summed E-state index contributed by atoms with van der Waals surface area (Å²) in [5.41, 5.74) is 7.59. The average molecular weight is 340 g/mol. The van der Waals surface area contributed by atoms with Gasteiger partial charge in [-0.15, -0.1) is 0 Å². The average Bonchev–Trinajstić information content (AvgIpc) is 2.93. The van der Waals surface area contributed by atoms with Crippen LogP contribution in [0, 0.1) is 0 Å². The minimum Gasteiger partial charge on any atom is -0.398 e. The number of carbonyl (C=O) groups is 1. The highest BCUT2D eigenvalue weighted by Gasteiger charge is 2.21. The van der Waals surface area contributed by atoms with Crippen LogP contribution in [0.4, 0.5) is 22.7 Å². The van der Waals surface area contributed by atoms with Crippen molar-refractivity contribution in [1.29, 1.82) is 0 Å². The number of anilines is 2. The number of fused-ring (bicyclic) bond motifs is 1. The summed E-state index contributed by atoms with van der Waals surface area (Å²) in [6.07, 6.45) is 2.88. The summed E-state index contributed by atoms with van der Waals surface area (Å²) >= 11 is 13.1. The van der Waals surface area contributed by atoms with Gasteiger partial charge in [0.25, 0.3) is 5.91 Å². The van der Waals surface area contributed by atoms with Gasteiger partial charge >= 0.3 is 0 Å². The fraction of sp³-hybridized carbons (Fsp3) is 0. The normalized spacial score (nSPS) is 11.9. The van der Waals surface area contributed by atoms with Gasteiger partial charge in [-0.3, -0.25) is 9.78 Å². The van der Waals surface area contributed by atoms with Crippen molar-refractivity contribution in [1.82, 2.24) is 4.98 Å². The number of nitrogens with two attached hydrogens (primary N) is 1. The van der Waals surface area contributed by atoms with E-state index < -0.39 is 5.91 Å². The molecule has 1 aromatic heterocycles. The van der Waals surface area contributed by atoms with Gasteiger partial charge in [-0.05, 0) is 12.1 Å². The quantitative estimate of drug-likeness (QED) is 0.740. The highest BCUT2D eigenvalue weighted by Crippen LogP contribution is 2.47. The molecule has 3 rings (SSSR count). The zero-order valence-corrected chi connectivity index (χ0v) is 12.6. The maximum absolute atomic E-state index is 12.3. The lowest BCUT2D eigenvalue weighted by Gasteiger charge is -2.11. The molecule has 3 N–H and O–H groups in total. The van der Waals surface area contributed by atoms with Crippen molar-refractivity contribution in [3.05, 3.63) is 40.1 Å². The van der Waals surface area contributed by atoms with Crippen LogP contribution in [0.5, 0.6) is 0 Å². The van der Waals surface area contributed by atoms with Gasteiger partial charge in [-0.2, -0.15) is 8.73 Å². The number of hydrogen-bond donors (Lipinski definition) is 2. The van der Waals surface area contributed by atoms with Gasteiger partial charge in [0.15, 0.2) is 0 Å². The summed E-state index contributed by atoms with van der Waals surface area (Å²) < 4.78 is 8.18. The molecule has 2 heterocycles. The largest absolute Gasteiger partial charge is 0.398 e. The number of benzene rings is 1. The molecule has 0 radical (unpaired) electrons. The van der Waals surface area contributed by atoms with Gasteiger partial charge in [0.2, 0.25) is 0 Å². The molecular formula is C12H7Cl2N5OS. The summed E-state index contributed by atoms with van der Waals surface area (Å²) in [6.45, 7) is 0. The Hall–Kier alpha value is -1.96. The van der Waals surface area contributed by atoms with Crippen molar-refractivity contribution in [3.8, 4) is 0 Å². The van der Waals surface area contributed by atoms with E-state index in [0.29, 0.717) is 27.8 Å². The lowest BCUT2D eigenvalue weighted by atomic mass is 10.2. The lowest BCUT2D eigenvalue weighted by molar-refractivity contribution is 0.102. The molecular weight excluding hydrogens is 333 g/mol. The zero-order chi connectivity index (χ0) is 15.0. The summed E-state index contributed by atoms with van der Waals surface area (Å²) in [4.78, 5) is 16.1. The molecule has 0 fully saturated rings. The van der Waals surface area contributed by atoms with Crippen molar-refractivity contribution in [2.75, 3.05) is 11.1 Å². The standard InChI is InChI=1S/C12H7Cl2N5OS/c13-6-3-7(14)10-11(19-21-18-10)9(6)17-12(20)5-4-16-2-1-8(5)15/h1-4H,(H2,15,16)(H,17,20). The Balaban J connectivity index is 2.01. The Morgan fingerprint density at radius 2 is 2.00 bits per heavy atom. The molecule has 0 bridgehead atoms. The first kappa shape index (κ1) is 14.0. The summed E-state index contributed by atoms with van der Waals surface area (Å²) in [7, 11) is 0. The number of amides is 1. The van der Waals surface area contributed by atoms with Gasteiger partial charge in [0.05, 0.1) is 32.7 Å². The van der Waals surface area contributed by atoms with Gasteiger partial charge in [0.1, 0.15) is 11.4 Å². The van der Waals surface area contributed by atoms with E-state index in [2.05, 4.69) is 19.0 Å². The Kier molecular flexibility index (Phi) is 3.62. The minimum absolute atomic E-state index is 0.250. The molecule has 0 unspecified atom stereocenters. The topological polar surface area (TPSA) is 92.7 Å². The first-order valence-electron chi connectivity index (χ1n) is 5.69. The maximum Gasteiger partial charge on any atom is 0.259 e. The molecule has 6 nitrogen and oxygen atoms in total. The summed E-state index contributed by atoms with van der Waals surface area (Å²) in [5, 5.41) is 3.33. The van der Waals surface area contributed by atoms with E-state index in [1.54, 1.807) is 6.07 Å². The number of nitrogens with one attached hydrogen (secondary N) is 1. The lowest BCUT2D eigenvalue weighted by Crippen LogP contribution is -2.14. The molecule has 2 aromatic rings. The molecule has 106 valence electrons. The summed E-state index contributed by atoms with van der Waals surface area (Å²) in [6, 6.07) is 3.05. The highest BCUT2D eigenvalue weighted by molar-refractivity contribution is 7.58. The number of nitrogen functional groups attached to an aromatic ring is 1. The molecule has 0 aliphatic carbocycles. The fourth-order valence-electron chi connectivity index (χ4n) is 1.77. The van der Waals surface area contributed by atoms with E-state index in [-0.39, 0.29) is 10.6 Å². The third-order valence-corrected chi connectivity index (χ3v) is 3.90. The molecule has 0 saturated carbocycles. The summed E-state index contributed by atoms with van der Waals surface area (Å²) in [5.74, 6) is -0.431. The SMILES string of the molecule is Nc1ccncc1C(=O)Nc1c(Cl)cc(Cl)c2c1N=S=N2. The van der Waals surface area contributed by atoms with E-state index >= 15 is 0 Å². The number of rotatable bonds is 2. The van der Waals surface area contributed by atoms with Crippen molar-refractivity contribution >= 4 is 63.2 Å². The van der Waals surface area contributed by atoms with Crippen LogP contribution in [0.2, 0.25) is 10.0 Å². The number of pyridine rings is 1. The first-order valence-corrected chi connectivity index (χ1v) is 7.17. The molecule has 9 heteroatoms. The van der Waals surface area contributed by atoms with Crippen LogP contribution < -0.4 is 11.1 Å². The van der Waals surface area contributed by atoms with E-state index in [1.165, 1.54) is 18.5 Å². The Morgan fingerprint density at radius 1 is 1.24 bits per heavy atom. The van der Waals surface area contributed by atoms with Crippen LogP contribution >= 0.6 is 23.2 Å². The minimum atomic E-state index is -0.431. The molecule has 0 spiro atoms. The number of carbonyl (C=O) groups excluding carboxylic acids is 1. The molecule has 1 aromatic carbocycles. The van der Waals surface area contributed by atoms with Gasteiger partial charge < -0.3 is 11.1 Å². The third-order valence-electron chi connectivity index (χ3n) is 2.78. The van der Waals surface area contributed by atoms with Crippen LogP contribution in [0.3, 0.4) is 0 Å². The number of halogens is 2. The van der Waals surface area contributed by atoms with Crippen LogP contribution in [0.25, 0.3) is 0 Å². The molecule has 1 aliphatic heterocycles. The zero-order valence-electron chi connectivity index (χ0n) is 10.3. The van der Waals surface area contributed by atoms with Gasteiger partial charge in [-0.1, -0.05) is 23.2 Å².